The maximum Gasteiger partial charge on any atom is 0.295 e. The summed E-state index contributed by atoms with van der Waals surface area (Å²) in [7, 11) is -4.16. The largest absolute Gasteiger partial charge is 0.295 e. The Bertz CT molecular complexity index is 657. The monoisotopic (exact) mass is 236 g/mol. The number of aryl methyl sites for hydroxylation is 2. The van der Waals surface area contributed by atoms with Crippen molar-refractivity contribution in [3.8, 4) is 0 Å². The molecule has 2 rings (SSSR count). The zero-order chi connectivity index (χ0) is 11.9. The Morgan fingerprint density at radius 2 is 1.81 bits per heavy atom. The van der Waals surface area contributed by atoms with Crippen LogP contribution in [0.2, 0.25) is 0 Å². The fourth-order valence-electron chi connectivity index (χ4n) is 2.01. The van der Waals surface area contributed by atoms with Crippen LogP contribution in [0.15, 0.2) is 35.2 Å². The summed E-state index contributed by atoms with van der Waals surface area (Å²) in [5, 5.41) is 1.42. The number of benzene rings is 2. The van der Waals surface area contributed by atoms with Crippen molar-refractivity contribution in [2.24, 2.45) is 0 Å². The maximum atomic E-state index is 11.2. The second kappa shape index (κ2) is 3.57. The van der Waals surface area contributed by atoms with Gasteiger partial charge in [-0.15, -0.1) is 0 Å². The van der Waals surface area contributed by atoms with E-state index in [9.17, 15) is 8.42 Å². The Morgan fingerprint density at radius 1 is 1.12 bits per heavy atom. The van der Waals surface area contributed by atoms with Gasteiger partial charge in [-0.25, -0.2) is 0 Å². The van der Waals surface area contributed by atoms with Crippen LogP contribution < -0.4 is 0 Å². The summed E-state index contributed by atoms with van der Waals surface area (Å²) in [6.45, 7) is 3.79. The average Bonchev–Trinajstić information content (AvgIpc) is 2.14. The van der Waals surface area contributed by atoms with Gasteiger partial charge in [0, 0.05) is 5.39 Å². The molecule has 0 radical (unpaired) electrons. The maximum absolute atomic E-state index is 11.2. The van der Waals surface area contributed by atoms with Gasteiger partial charge in [-0.3, -0.25) is 4.55 Å². The minimum Gasteiger partial charge on any atom is -0.282 e. The summed E-state index contributed by atoms with van der Waals surface area (Å²) in [4.78, 5) is -0.0255. The van der Waals surface area contributed by atoms with Crippen molar-refractivity contribution in [2.75, 3.05) is 0 Å². The number of hydrogen-bond acceptors (Lipinski definition) is 2. The van der Waals surface area contributed by atoms with E-state index in [1.165, 1.54) is 6.07 Å². The molecule has 3 nitrogen and oxygen atoms in total. The topological polar surface area (TPSA) is 54.4 Å². The van der Waals surface area contributed by atoms with E-state index in [1.807, 2.05) is 32.0 Å². The number of rotatable bonds is 1. The lowest BCUT2D eigenvalue weighted by Gasteiger charge is -2.08. The Kier molecular flexibility index (Phi) is 2.48. The van der Waals surface area contributed by atoms with Crippen LogP contribution in [0.3, 0.4) is 0 Å². The Balaban J connectivity index is 2.99. The van der Waals surface area contributed by atoms with Gasteiger partial charge >= 0.3 is 0 Å². The van der Waals surface area contributed by atoms with Crippen LogP contribution in [0.25, 0.3) is 10.8 Å². The van der Waals surface area contributed by atoms with Crippen molar-refractivity contribution < 1.29 is 13.0 Å². The lowest BCUT2D eigenvalue weighted by atomic mass is 10.0. The van der Waals surface area contributed by atoms with E-state index >= 15 is 0 Å². The van der Waals surface area contributed by atoms with E-state index in [4.69, 9.17) is 4.55 Å². The summed E-state index contributed by atoms with van der Waals surface area (Å²) in [5.41, 5.74) is 1.92. The van der Waals surface area contributed by atoms with Gasteiger partial charge in [0.15, 0.2) is 0 Å². The minimum absolute atomic E-state index is 0.0255. The van der Waals surface area contributed by atoms with Gasteiger partial charge in [0.05, 0.1) is 0 Å². The first-order valence-corrected chi connectivity index (χ1v) is 6.31. The van der Waals surface area contributed by atoms with E-state index in [2.05, 4.69) is 0 Å². The standard InChI is InChI=1S/C12H12O3S/c1-8-6-9(2)12-10(7-8)4-3-5-11(12)16(13,14)15/h3-7H,1-2H3,(H,13,14,15). The van der Waals surface area contributed by atoms with Gasteiger partial charge in [0.2, 0.25) is 0 Å². The Labute approximate surface area is 94.5 Å². The fraction of sp³-hybridized carbons (Fsp3) is 0.167. The lowest BCUT2D eigenvalue weighted by molar-refractivity contribution is 0.484. The van der Waals surface area contributed by atoms with Crippen molar-refractivity contribution in [1.29, 1.82) is 0 Å². The van der Waals surface area contributed by atoms with Gasteiger partial charge in [0.1, 0.15) is 4.90 Å². The third kappa shape index (κ3) is 1.81. The second-order valence-electron chi connectivity index (χ2n) is 3.91. The van der Waals surface area contributed by atoms with Gasteiger partial charge in [-0.05, 0) is 30.9 Å². The molecule has 2 aromatic carbocycles. The first-order valence-electron chi connectivity index (χ1n) is 4.87. The highest BCUT2D eigenvalue weighted by molar-refractivity contribution is 7.86. The molecule has 2 aromatic rings. The van der Waals surface area contributed by atoms with Crippen LogP contribution in [0, 0.1) is 13.8 Å². The molecule has 0 aromatic heterocycles. The van der Waals surface area contributed by atoms with Crippen LogP contribution in [-0.2, 0) is 10.1 Å². The predicted octanol–water partition coefficient (Wildman–Crippen LogP) is 2.70. The Hall–Kier alpha value is -1.39. The van der Waals surface area contributed by atoms with Crippen LogP contribution >= 0.6 is 0 Å². The molecule has 0 atom stereocenters. The highest BCUT2D eigenvalue weighted by Crippen LogP contribution is 2.27. The lowest BCUT2D eigenvalue weighted by Crippen LogP contribution is -2.00. The third-order valence-electron chi connectivity index (χ3n) is 2.56. The summed E-state index contributed by atoms with van der Waals surface area (Å²) in [5.74, 6) is 0. The van der Waals surface area contributed by atoms with Crippen molar-refractivity contribution in [2.45, 2.75) is 18.7 Å². The number of hydrogen-bond donors (Lipinski definition) is 1. The molecule has 0 saturated carbocycles. The van der Waals surface area contributed by atoms with Crippen LogP contribution in [0.5, 0.6) is 0 Å². The van der Waals surface area contributed by atoms with Crippen LogP contribution in [0.4, 0.5) is 0 Å². The van der Waals surface area contributed by atoms with Crippen molar-refractivity contribution in [1.82, 2.24) is 0 Å². The summed E-state index contributed by atoms with van der Waals surface area (Å²) < 4.78 is 31.6. The summed E-state index contributed by atoms with van der Waals surface area (Å²) >= 11 is 0. The summed E-state index contributed by atoms with van der Waals surface area (Å²) in [6.07, 6.45) is 0. The molecular weight excluding hydrogens is 224 g/mol. The molecule has 0 spiro atoms. The van der Waals surface area contributed by atoms with E-state index in [-0.39, 0.29) is 4.90 Å². The minimum atomic E-state index is -4.16. The molecule has 84 valence electrons. The van der Waals surface area contributed by atoms with Crippen molar-refractivity contribution >= 4 is 20.9 Å². The van der Waals surface area contributed by atoms with Gasteiger partial charge in [-0.2, -0.15) is 8.42 Å². The van der Waals surface area contributed by atoms with E-state index in [0.29, 0.717) is 5.39 Å². The second-order valence-corrected chi connectivity index (χ2v) is 5.30. The Morgan fingerprint density at radius 3 is 2.44 bits per heavy atom. The van der Waals surface area contributed by atoms with Crippen molar-refractivity contribution in [3.63, 3.8) is 0 Å². The molecule has 1 N–H and O–H groups in total. The molecule has 0 bridgehead atoms. The van der Waals surface area contributed by atoms with Crippen LogP contribution in [-0.4, -0.2) is 13.0 Å². The smallest absolute Gasteiger partial charge is 0.282 e. The van der Waals surface area contributed by atoms with Gasteiger partial charge in [-0.1, -0.05) is 29.8 Å². The molecule has 0 saturated heterocycles. The highest BCUT2D eigenvalue weighted by atomic mass is 32.2. The van der Waals surface area contributed by atoms with E-state index < -0.39 is 10.1 Å². The van der Waals surface area contributed by atoms with E-state index in [0.717, 1.165) is 16.5 Å². The number of fused-ring (bicyclic) bond motifs is 1. The zero-order valence-corrected chi connectivity index (χ0v) is 9.88. The van der Waals surface area contributed by atoms with Gasteiger partial charge in [0.25, 0.3) is 10.1 Å². The fourth-order valence-corrected chi connectivity index (χ4v) is 2.79. The molecular formula is C12H12O3S. The predicted molar refractivity (Wildman–Crippen MR) is 63.2 cm³/mol. The summed E-state index contributed by atoms with van der Waals surface area (Å²) in [6, 6.07) is 8.68. The van der Waals surface area contributed by atoms with Gasteiger partial charge < -0.3 is 0 Å². The first-order chi connectivity index (χ1) is 7.39. The molecule has 0 fully saturated rings. The SMILES string of the molecule is Cc1cc(C)c2c(S(=O)(=O)O)cccc2c1. The normalized spacial score (nSPS) is 11.9. The third-order valence-corrected chi connectivity index (χ3v) is 3.45. The molecule has 0 amide bonds. The molecule has 0 heterocycles. The van der Waals surface area contributed by atoms with Crippen LogP contribution in [0.1, 0.15) is 11.1 Å². The average molecular weight is 236 g/mol. The molecule has 4 heteroatoms. The highest BCUT2D eigenvalue weighted by Gasteiger charge is 2.15. The quantitative estimate of drug-likeness (QED) is 0.774. The molecule has 0 aliphatic carbocycles. The zero-order valence-electron chi connectivity index (χ0n) is 9.06. The molecule has 16 heavy (non-hydrogen) atoms. The molecule has 0 aliphatic heterocycles. The first kappa shape index (κ1) is 11.1. The van der Waals surface area contributed by atoms with Crippen molar-refractivity contribution in [3.05, 3.63) is 41.5 Å². The molecule has 0 aliphatic rings. The van der Waals surface area contributed by atoms with E-state index in [1.54, 1.807) is 6.07 Å². The molecule has 0 unspecified atom stereocenters.